The molecule has 2 aromatic carbocycles. The topological polar surface area (TPSA) is 80.8 Å². The van der Waals surface area contributed by atoms with Crippen LogP contribution in [0.25, 0.3) is 0 Å². The molecule has 1 aliphatic rings. The molecule has 0 radical (unpaired) electrons. The van der Waals surface area contributed by atoms with Crippen LogP contribution in [-0.2, 0) is 16.6 Å². The molecule has 9 heteroatoms. The quantitative estimate of drug-likeness (QED) is 0.593. The van der Waals surface area contributed by atoms with E-state index in [0.29, 0.717) is 22.9 Å². The second-order valence-electron chi connectivity index (χ2n) is 7.18. The van der Waals surface area contributed by atoms with Crippen molar-refractivity contribution in [2.75, 3.05) is 29.8 Å². The predicted octanol–water partition coefficient (Wildman–Crippen LogP) is 4.25. The van der Waals surface area contributed by atoms with Gasteiger partial charge in [-0.05, 0) is 54.4 Å². The lowest BCUT2D eigenvalue weighted by Gasteiger charge is -2.28. The Morgan fingerprint density at radius 3 is 2.90 bits per heavy atom. The van der Waals surface area contributed by atoms with Crippen molar-refractivity contribution in [3.8, 4) is 11.5 Å². The van der Waals surface area contributed by atoms with Crippen molar-refractivity contribution in [2.45, 2.75) is 18.4 Å². The SMILES string of the molecule is Cc1c(Cl)cccc1S(=O)(=O)Nc1ncccc1OCc1ccc2c(c1)OCCN2C. The van der Waals surface area contributed by atoms with Crippen LogP contribution in [0.4, 0.5) is 11.5 Å². The van der Waals surface area contributed by atoms with Crippen LogP contribution in [0.3, 0.4) is 0 Å². The molecule has 0 amide bonds. The number of nitrogens with one attached hydrogen (secondary N) is 1. The lowest BCUT2D eigenvalue weighted by atomic mass is 10.1. The molecule has 7 nitrogen and oxygen atoms in total. The van der Waals surface area contributed by atoms with Crippen molar-refractivity contribution in [3.63, 3.8) is 0 Å². The molecule has 0 saturated carbocycles. The monoisotopic (exact) mass is 459 g/mol. The van der Waals surface area contributed by atoms with E-state index in [4.69, 9.17) is 21.1 Å². The van der Waals surface area contributed by atoms with Gasteiger partial charge in [0.2, 0.25) is 0 Å². The summed E-state index contributed by atoms with van der Waals surface area (Å²) < 4.78 is 39.9. The van der Waals surface area contributed by atoms with Gasteiger partial charge in [0, 0.05) is 18.3 Å². The smallest absolute Gasteiger partial charge is 0.263 e. The maximum atomic E-state index is 12.9. The standard InChI is InChI=1S/C22H22ClN3O4S/c1-15-17(23)5-3-7-21(15)31(27,28)25-22-19(6-4-10-24-22)30-14-16-8-9-18-20(13-16)29-12-11-26(18)2/h3-10,13H,11-12,14H2,1-2H3,(H,24,25). The molecule has 0 atom stereocenters. The summed E-state index contributed by atoms with van der Waals surface area (Å²) in [6, 6.07) is 14.0. The summed E-state index contributed by atoms with van der Waals surface area (Å²) >= 11 is 6.09. The zero-order valence-corrected chi connectivity index (χ0v) is 18.7. The molecule has 2 heterocycles. The van der Waals surface area contributed by atoms with E-state index in [9.17, 15) is 8.42 Å². The summed E-state index contributed by atoms with van der Waals surface area (Å²) in [6.45, 7) is 3.36. The highest BCUT2D eigenvalue weighted by Crippen LogP contribution is 2.32. The van der Waals surface area contributed by atoms with Crippen LogP contribution in [0.5, 0.6) is 11.5 Å². The number of ether oxygens (including phenoxy) is 2. The van der Waals surface area contributed by atoms with Crippen molar-refractivity contribution in [1.82, 2.24) is 4.98 Å². The summed E-state index contributed by atoms with van der Waals surface area (Å²) in [6.07, 6.45) is 1.50. The highest BCUT2D eigenvalue weighted by Gasteiger charge is 2.21. The fourth-order valence-electron chi connectivity index (χ4n) is 3.30. The Hall–Kier alpha value is -2.97. The first kappa shape index (κ1) is 21.3. The van der Waals surface area contributed by atoms with Crippen molar-refractivity contribution in [2.24, 2.45) is 0 Å². The Labute approximate surface area is 186 Å². The Morgan fingerprint density at radius 2 is 2.06 bits per heavy atom. The van der Waals surface area contributed by atoms with Crippen LogP contribution < -0.4 is 19.1 Å². The zero-order valence-electron chi connectivity index (χ0n) is 17.1. The molecular weight excluding hydrogens is 438 g/mol. The molecule has 1 N–H and O–H groups in total. The van der Waals surface area contributed by atoms with Gasteiger partial charge < -0.3 is 14.4 Å². The number of anilines is 2. The number of nitrogens with zero attached hydrogens (tertiary/aromatic N) is 2. The number of fused-ring (bicyclic) bond motifs is 1. The lowest BCUT2D eigenvalue weighted by Crippen LogP contribution is -2.28. The van der Waals surface area contributed by atoms with Crippen LogP contribution in [0.1, 0.15) is 11.1 Å². The van der Waals surface area contributed by atoms with Crippen molar-refractivity contribution >= 4 is 33.1 Å². The maximum absolute atomic E-state index is 12.9. The first-order chi connectivity index (χ1) is 14.8. The number of hydrogen-bond acceptors (Lipinski definition) is 6. The number of pyridine rings is 1. The van der Waals surface area contributed by atoms with Gasteiger partial charge in [-0.1, -0.05) is 23.7 Å². The highest BCUT2D eigenvalue weighted by molar-refractivity contribution is 7.92. The summed E-state index contributed by atoms with van der Waals surface area (Å²) in [5.74, 6) is 1.23. The molecule has 31 heavy (non-hydrogen) atoms. The average molecular weight is 460 g/mol. The van der Waals surface area contributed by atoms with Gasteiger partial charge in [0.05, 0.1) is 17.1 Å². The fourth-order valence-corrected chi connectivity index (χ4v) is 4.82. The van der Waals surface area contributed by atoms with E-state index in [1.807, 2.05) is 25.2 Å². The number of hydrogen-bond donors (Lipinski definition) is 1. The lowest BCUT2D eigenvalue weighted by molar-refractivity contribution is 0.298. The van der Waals surface area contributed by atoms with E-state index in [2.05, 4.69) is 14.6 Å². The normalized spacial score (nSPS) is 13.3. The number of aromatic nitrogens is 1. The summed E-state index contributed by atoms with van der Waals surface area (Å²) in [7, 11) is -1.87. The molecule has 4 rings (SSSR count). The van der Waals surface area contributed by atoms with Crippen molar-refractivity contribution < 1.29 is 17.9 Å². The maximum Gasteiger partial charge on any atom is 0.263 e. The summed E-state index contributed by atoms with van der Waals surface area (Å²) in [5, 5.41) is 0.376. The zero-order chi connectivity index (χ0) is 22.0. The second-order valence-corrected chi connectivity index (χ2v) is 9.24. The van der Waals surface area contributed by atoms with E-state index >= 15 is 0 Å². The van der Waals surface area contributed by atoms with Gasteiger partial charge in [0.1, 0.15) is 19.0 Å². The van der Waals surface area contributed by atoms with Gasteiger partial charge >= 0.3 is 0 Å². The molecule has 0 bridgehead atoms. The Kier molecular flexibility index (Phi) is 5.93. The van der Waals surface area contributed by atoms with Crippen LogP contribution in [0, 0.1) is 6.92 Å². The number of rotatable bonds is 6. The van der Waals surface area contributed by atoms with E-state index in [0.717, 1.165) is 23.5 Å². The summed E-state index contributed by atoms with van der Waals surface area (Å²) in [4.78, 5) is 6.38. The predicted molar refractivity (Wildman–Crippen MR) is 121 cm³/mol. The molecule has 1 aliphatic heterocycles. The fraction of sp³-hybridized carbons (Fsp3) is 0.227. The molecule has 0 aliphatic carbocycles. The molecule has 0 unspecified atom stereocenters. The third-order valence-electron chi connectivity index (χ3n) is 5.02. The number of sulfonamides is 1. The van der Waals surface area contributed by atoms with Gasteiger partial charge in [-0.3, -0.25) is 4.72 Å². The highest BCUT2D eigenvalue weighted by atomic mass is 35.5. The van der Waals surface area contributed by atoms with Gasteiger partial charge in [-0.25, -0.2) is 13.4 Å². The minimum absolute atomic E-state index is 0.0903. The largest absolute Gasteiger partial charge is 0.490 e. The summed E-state index contributed by atoms with van der Waals surface area (Å²) in [5.41, 5.74) is 2.40. The molecule has 3 aromatic rings. The number of benzene rings is 2. The van der Waals surface area contributed by atoms with E-state index < -0.39 is 10.0 Å². The third kappa shape index (κ3) is 4.55. The Balaban J connectivity index is 1.54. The minimum atomic E-state index is -3.89. The van der Waals surface area contributed by atoms with Gasteiger partial charge in [-0.15, -0.1) is 0 Å². The molecule has 0 saturated heterocycles. The number of halogens is 1. The Bertz CT molecular complexity index is 1220. The molecule has 0 fully saturated rings. The van der Waals surface area contributed by atoms with Crippen molar-refractivity contribution in [3.05, 3.63) is 70.9 Å². The van der Waals surface area contributed by atoms with Gasteiger partial charge in [0.25, 0.3) is 10.0 Å². The molecule has 1 aromatic heterocycles. The Morgan fingerprint density at radius 1 is 1.23 bits per heavy atom. The van der Waals surface area contributed by atoms with E-state index in [1.165, 1.54) is 12.3 Å². The minimum Gasteiger partial charge on any atom is -0.490 e. The second kappa shape index (κ2) is 8.64. The van der Waals surface area contributed by atoms with Crippen LogP contribution in [0.2, 0.25) is 5.02 Å². The molecule has 0 spiro atoms. The third-order valence-corrected chi connectivity index (χ3v) is 6.92. The van der Waals surface area contributed by atoms with Gasteiger partial charge in [0.15, 0.2) is 11.6 Å². The van der Waals surface area contributed by atoms with Crippen LogP contribution >= 0.6 is 11.6 Å². The van der Waals surface area contributed by atoms with Crippen LogP contribution in [-0.4, -0.2) is 33.6 Å². The molecular formula is C22H22ClN3O4S. The van der Waals surface area contributed by atoms with E-state index in [-0.39, 0.29) is 17.3 Å². The first-order valence-electron chi connectivity index (χ1n) is 9.68. The first-order valence-corrected chi connectivity index (χ1v) is 11.5. The van der Waals surface area contributed by atoms with E-state index in [1.54, 1.807) is 31.2 Å². The molecule has 162 valence electrons. The van der Waals surface area contributed by atoms with Crippen molar-refractivity contribution in [1.29, 1.82) is 0 Å². The van der Waals surface area contributed by atoms with Gasteiger partial charge in [-0.2, -0.15) is 0 Å². The van der Waals surface area contributed by atoms with Crippen LogP contribution in [0.15, 0.2) is 59.6 Å². The number of likely N-dealkylation sites (N-methyl/N-ethyl adjacent to an activating group) is 1. The average Bonchev–Trinajstić information content (AvgIpc) is 2.75.